The number of anilines is 1. The number of likely N-dealkylation sites (N-methyl/N-ethyl adjacent to an activating group) is 1. The molecule has 4 rings (SSSR count). The van der Waals surface area contributed by atoms with E-state index >= 15 is 0 Å². The summed E-state index contributed by atoms with van der Waals surface area (Å²) in [5, 5.41) is 3.19. The lowest BCUT2D eigenvalue weighted by Crippen LogP contribution is -2.35. The quantitative estimate of drug-likeness (QED) is 0.779. The van der Waals surface area contributed by atoms with E-state index in [9.17, 15) is 8.42 Å². The van der Waals surface area contributed by atoms with Gasteiger partial charge in [0.25, 0.3) is 0 Å². The van der Waals surface area contributed by atoms with Gasteiger partial charge in [-0.2, -0.15) is 4.31 Å². The van der Waals surface area contributed by atoms with Crippen molar-refractivity contribution in [1.29, 1.82) is 0 Å². The molecule has 1 atom stereocenters. The Morgan fingerprint density at radius 3 is 2.72 bits per heavy atom. The standard InChI is InChI=1S/C21H29N5O2S/c1-22-20-17-15-25(2)13-10-18(17)23-21(24-20)19-9-6-12-26(19)29(27,28)14-11-16-7-4-3-5-8-16/h3-5,7-8,19H,6,9-15H2,1-2H3,(H,22,23,24). The van der Waals surface area contributed by atoms with Crippen LogP contribution in [-0.2, 0) is 29.4 Å². The van der Waals surface area contributed by atoms with Gasteiger partial charge in [0.2, 0.25) is 10.0 Å². The zero-order chi connectivity index (χ0) is 20.4. The molecule has 0 amide bonds. The number of fused-ring (bicyclic) bond motifs is 1. The first kappa shape index (κ1) is 20.3. The third-order valence-corrected chi connectivity index (χ3v) is 7.73. The molecule has 0 aliphatic carbocycles. The number of aryl methyl sites for hydroxylation is 1. The molecule has 0 bridgehead atoms. The van der Waals surface area contributed by atoms with Crippen molar-refractivity contribution < 1.29 is 8.42 Å². The van der Waals surface area contributed by atoms with Gasteiger partial charge in [0.1, 0.15) is 11.6 Å². The largest absolute Gasteiger partial charge is 0.373 e. The third kappa shape index (κ3) is 4.29. The van der Waals surface area contributed by atoms with Crippen molar-refractivity contribution >= 4 is 15.8 Å². The highest BCUT2D eigenvalue weighted by Crippen LogP contribution is 2.35. The molecule has 1 fully saturated rings. The molecule has 1 N–H and O–H groups in total. The normalized spacial score (nSPS) is 20.6. The van der Waals surface area contributed by atoms with Gasteiger partial charge in [-0.3, -0.25) is 0 Å². The first-order valence-corrected chi connectivity index (χ1v) is 11.9. The number of benzene rings is 1. The molecule has 3 heterocycles. The molecule has 2 aromatic rings. The molecule has 2 aliphatic heterocycles. The fourth-order valence-electron chi connectivity index (χ4n) is 4.26. The minimum absolute atomic E-state index is 0.113. The molecular formula is C21H29N5O2S. The monoisotopic (exact) mass is 415 g/mol. The second-order valence-electron chi connectivity index (χ2n) is 7.91. The van der Waals surface area contributed by atoms with Crippen molar-refractivity contribution in [2.75, 3.05) is 38.3 Å². The summed E-state index contributed by atoms with van der Waals surface area (Å²) in [6.45, 7) is 2.31. The van der Waals surface area contributed by atoms with Crippen molar-refractivity contribution in [3.05, 3.63) is 53.0 Å². The second kappa shape index (κ2) is 8.38. The van der Waals surface area contributed by atoms with E-state index in [4.69, 9.17) is 9.97 Å². The molecule has 0 spiro atoms. The lowest BCUT2D eigenvalue weighted by Gasteiger charge is -2.28. The van der Waals surface area contributed by atoms with E-state index in [1.807, 2.05) is 37.4 Å². The maximum absolute atomic E-state index is 13.1. The van der Waals surface area contributed by atoms with E-state index in [0.717, 1.165) is 55.0 Å². The average molecular weight is 416 g/mol. The fraction of sp³-hybridized carbons (Fsp3) is 0.524. The van der Waals surface area contributed by atoms with Crippen LogP contribution in [0, 0.1) is 0 Å². The van der Waals surface area contributed by atoms with E-state index in [1.165, 1.54) is 0 Å². The maximum atomic E-state index is 13.1. The lowest BCUT2D eigenvalue weighted by atomic mass is 10.1. The highest BCUT2D eigenvalue weighted by Gasteiger charge is 2.37. The van der Waals surface area contributed by atoms with Gasteiger partial charge in [0.05, 0.1) is 17.5 Å². The average Bonchev–Trinajstić information content (AvgIpc) is 3.23. The highest BCUT2D eigenvalue weighted by atomic mass is 32.2. The Bertz CT molecular complexity index is 947. The Morgan fingerprint density at radius 2 is 1.97 bits per heavy atom. The Hall–Kier alpha value is -2.03. The molecule has 1 aromatic carbocycles. The van der Waals surface area contributed by atoms with Gasteiger partial charge >= 0.3 is 0 Å². The first-order valence-electron chi connectivity index (χ1n) is 10.3. The minimum Gasteiger partial charge on any atom is -0.373 e. The van der Waals surface area contributed by atoms with Gasteiger partial charge in [-0.15, -0.1) is 0 Å². The van der Waals surface area contributed by atoms with Crippen LogP contribution in [-0.4, -0.2) is 60.5 Å². The van der Waals surface area contributed by atoms with Crippen LogP contribution in [0.3, 0.4) is 0 Å². The number of hydrogen-bond donors (Lipinski definition) is 1. The predicted octanol–water partition coefficient (Wildman–Crippen LogP) is 2.22. The number of rotatable bonds is 6. The predicted molar refractivity (Wildman–Crippen MR) is 114 cm³/mol. The molecule has 29 heavy (non-hydrogen) atoms. The van der Waals surface area contributed by atoms with Gasteiger partial charge in [0.15, 0.2) is 0 Å². The molecule has 7 nitrogen and oxygen atoms in total. The number of aromatic nitrogens is 2. The Balaban J connectivity index is 1.58. The van der Waals surface area contributed by atoms with E-state index in [2.05, 4.69) is 17.3 Å². The smallest absolute Gasteiger partial charge is 0.215 e. The van der Waals surface area contributed by atoms with Crippen molar-refractivity contribution in [2.45, 2.75) is 38.3 Å². The highest BCUT2D eigenvalue weighted by molar-refractivity contribution is 7.89. The summed E-state index contributed by atoms with van der Waals surface area (Å²) >= 11 is 0. The molecule has 2 aliphatic rings. The minimum atomic E-state index is -3.38. The molecule has 1 unspecified atom stereocenters. The summed E-state index contributed by atoms with van der Waals surface area (Å²) in [5.41, 5.74) is 3.21. The van der Waals surface area contributed by atoms with E-state index in [0.29, 0.717) is 18.8 Å². The number of nitrogens with zero attached hydrogens (tertiary/aromatic N) is 4. The van der Waals surface area contributed by atoms with Gasteiger partial charge < -0.3 is 10.2 Å². The molecule has 0 radical (unpaired) electrons. The maximum Gasteiger partial charge on any atom is 0.215 e. The first-order chi connectivity index (χ1) is 14.0. The molecular weight excluding hydrogens is 386 g/mol. The summed E-state index contributed by atoms with van der Waals surface area (Å²) in [6.07, 6.45) is 2.99. The number of sulfonamides is 1. The second-order valence-corrected chi connectivity index (χ2v) is 9.95. The van der Waals surface area contributed by atoms with Crippen LogP contribution in [0.1, 0.15) is 41.5 Å². The van der Waals surface area contributed by atoms with Crippen LogP contribution >= 0.6 is 0 Å². The van der Waals surface area contributed by atoms with Gasteiger partial charge in [-0.05, 0) is 31.9 Å². The van der Waals surface area contributed by atoms with Gasteiger partial charge in [0, 0.05) is 38.7 Å². The summed E-state index contributed by atoms with van der Waals surface area (Å²) < 4.78 is 27.9. The lowest BCUT2D eigenvalue weighted by molar-refractivity contribution is 0.307. The van der Waals surface area contributed by atoms with Gasteiger partial charge in [-0.25, -0.2) is 18.4 Å². The Labute approximate surface area is 173 Å². The summed E-state index contributed by atoms with van der Waals surface area (Å²) in [5.74, 6) is 1.57. The van der Waals surface area contributed by atoms with Crippen molar-refractivity contribution in [1.82, 2.24) is 19.2 Å². The molecule has 1 saturated heterocycles. The van der Waals surface area contributed by atoms with E-state index < -0.39 is 10.0 Å². The number of nitrogens with one attached hydrogen (secondary N) is 1. The third-order valence-electron chi connectivity index (χ3n) is 5.86. The van der Waals surface area contributed by atoms with Crippen LogP contribution in [0.4, 0.5) is 5.82 Å². The van der Waals surface area contributed by atoms with Crippen molar-refractivity contribution in [2.24, 2.45) is 0 Å². The number of hydrogen-bond acceptors (Lipinski definition) is 6. The SMILES string of the molecule is CNc1nc(C2CCCN2S(=O)(=O)CCc2ccccc2)nc2c1CN(C)CC2. The van der Waals surface area contributed by atoms with Crippen molar-refractivity contribution in [3.63, 3.8) is 0 Å². The summed E-state index contributed by atoms with van der Waals surface area (Å²) in [7, 11) is 0.576. The van der Waals surface area contributed by atoms with Crippen LogP contribution in [0.2, 0.25) is 0 Å². The summed E-state index contributed by atoms with van der Waals surface area (Å²) in [4.78, 5) is 11.8. The molecule has 156 valence electrons. The van der Waals surface area contributed by atoms with Crippen molar-refractivity contribution in [3.8, 4) is 0 Å². The van der Waals surface area contributed by atoms with Crippen LogP contribution in [0.15, 0.2) is 30.3 Å². The van der Waals surface area contributed by atoms with E-state index in [1.54, 1.807) is 4.31 Å². The van der Waals surface area contributed by atoms with Crippen LogP contribution in [0.25, 0.3) is 0 Å². The Morgan fingerprint density at radius 1 is 1.17 bits per heavy atom. The zero-order valence-corrected chi connectivity index (χ0v) is 18.0. The van der Waals surface area contributed by atoms with E-state index in [-0.39, 0.29) is 11.8 Å². The van der Waals surface area contributed by atoms with Crippen LogP contribution in [0.5, 0.6) is 0 Å². The topological polar surface area (TPSA) is 78.4 Å². The zero-order valence-electron chi connectivity index (χ0n) is 17.1. The van der Waals surface area contributed by atoms with Gasteiger partial charge in [-0.1, -0.05) is 30.3 Å². The molecule has 1 aromatic heterocycles. The molecule has 0 saturated carbocycles. The Kier molecular flexibility index (Phi) is 5.85. The molecule has 8 heteroatoms. The van der Waals surface area contributed by atoms with Crippen LogP contribution < -0.4 is 5.32 Å². The fourth-order valence-corrected chi connectivity index (χ4v) is 5.99. The summed E-state index contributed by atoms with van der Waals surface area (Å²) in [6, 6.07) is 9.50.